The van der Waals surface area contributed by atoms with Crippen molar-refractivity contribution in [3.63, 3.8) is 0 Å². The van der Waals surface area contributed by atoms with Crippen LogP contribution in [0.1, 0.15) is 10.5 Å². The second kappa shape index (κ2) is 5.56. The van der Waals surface area contributed by atoms with Crippen molar-refractivity contribution in [2.24, 2.45) is 7.05 Å². The fourth-order valence-electron chi connectivity index (χ4n) is 2.00. The van der Waals surface area contributed by atoms with Crippen LogP contribution in [0.15, 0.2) is 39.5 Å². The van der Waals surface area contributed by atoms with E-state index in [-0.39, 0.29) is 11.3 Å². The first-order valence-corrected chi connectivity index (χ1v) is 6.87. The summed E-state index contributed by atoms with van der Waals surface area (Å²) in [6, 6.07) is 8.34. The molecule has 0 bridgehead atoms. The molecule has 8 nitrogen and oxygen atoms in total. The van der Waals surface area contributed by atoms with Crippen LogP contribution in [0.2, 0.25) is 0 Å². The Morgan fingerprint density at radius 2 is 2.04 bits per heavy atom. The van der Waals surface area contributed by atoms with Crippen molar-refractivity contribution < 1.29 is 9.21 Å². The monoisotopic (exact) mass is 313 g/mol. The number of nitrogens with zero attached hydrogens (tertiary/aromatic N) is 4. The van der Waals surface area contributed by atoms with Gasteiger partial charge in [-0.15, -0.1) is 0 Å². The van der Waals surface area contributed by atoms with Crippen molar-refractivity contribution in [3.8, 4) is 0 Å². The lowest BCUT2D eigenvalue weighted by Crippen LogP contribution is -2.23. The van der Waals surface area contributed by atoms with Gasteiger partial charge < -0.3 is 14.6 Å². The summed E-state index contributed by atoms with van der Waals surface area (Å²) in [5.41, 5.74) is 1.71. The Morgan fingerprint density at radius 1 is 1.26 bits per heavy atom. The topological polar surface area (TPSA) is 93.3 Å². The first-order valence-electron chi connectivity index (χ1n) is 6.87. The number of aromatic nitrogens is 3. The molecule has 0 unspecified atom stereocenters. The van der Waals surface area contributed by atoms with E-state index in [9.17, 15) is 9.59 Å². The minimum atomic E-state index is -0.406. The largest absolute Gasteiger partial charge is 0.423 e. The number of oxazole rings is 1. The highest BCUT2D eigenvalue weighted by Gasteiger charge is 2.12. The van der Waals surface area contributed by atoms with Gasteiger partial charge in [-0.3, -0.25) is 9.59 Å². The van der Waals surface area contributed by atoms with E-state index >= 15 is 0 Å². The molecule has 3 rings (SSSR count). The third-order valence-corrected chi connectivity index (χ3v) is 3.21. The van der Waals surface area contributed by atoms with Gasteiger partial charge in [0.2, 0.25) is 0 Å². The molecule has 0 saturated heterocycles. The Bertz CT molecular complexity index is 942. The number of fused-ring (bicyclic) bond motifs is 1. The van der Waals surface area contributed by atoms with E-state index in [1.807, 2.05) is 14.1 Å². The third-order valence-electron chi connectivity index (χ3n) is 3.21. The van der Waals surface area contributed by atoms with Gasteiger partial charge in [-0.05, 0) is 24.3 Å². The lowest BCUT2D eigenvalue weighted by molar-refractivity contribution is 0.102. The van der Waals surface area contributed by atoms with Crippen LogP contribution in [0.3, 0.4) is 0 Å². The number of amides is 1. The van der Waals surface area contributed by atoms with Crippen molar-refractivity contribution in [2.45, 2.75) is 0 Å². The summed E-state index contributed by atoms with van der Waals surface area (Å²) in [6.07, 6.45) is 0. The quantitative estimate of drug-likeness (QED) is 0.782. The van der Waals surface area contributed by atoms with Gasteiger partial charge in [0, 0.05) is 32.9 Å². The van der Waals surface area contributed by atoms with Gasteiger partial charge in [-0.1, -0.05) is 0 Å². The summed E-state index contributed by atoms with van der Waals surface area (Å²) in [5, 5.41) is 6.63. The zero-order chi connectivity index (χ0) is 16.6. The second-order valence-corrected chi connectivity index (χ2v) is 5.21. The summed E-state index contributed by atoms with van der Waals surface area (Å²) in [4.78, 5) is 29.6. The summed E-state index contributed by atoms with van der Waals surface area (Å²) in [7, 11) is 5.15. The van der Waals surface area contributed by atoms with E-state index in [0.29, 0.717) is 22.8 Å². The maximum atomic E-state index is 12.2. The van der Waals surface area contributed by atoms with Crippen LogP contribution in [0.5, 0.6) is 0 Å². The molecule has 0 aliphatic heterocycles. The minimum Gasteiger partial charge on any atom is -0.423 e. The van der Waals surface area contributed by atoms with Crippen molar-refractivity contribution in [3.05, 3.63) is 46.4 Å². The van der Waals surface area contributed by atoms with E-state index in [4.69, 9.17) is 4.42 Å². The molecule has 1 N–H and O–H groups in total. The highest BCUT2D eigenvalue weighted by atomic mass is 16.4. The molecule has 1 aromatic carbocycles. The van der Waals surface area contributed by atoms with E-state index in [0.717, 1.165) is 4.68 Å². The number of aryl methyl sites for hydroxylation is 1. The minimum absolute atomic E-state index is 0.154. The Hall–Kier alpha value is -3.16. The van der Waals surface area contributed by atoms with Gasteiger partial charge >= 0.3 is 0 Å². The lowest BCUT2D eigenvalue weighted by Gasteiger charge is -2.05. The van der Waals surface area contributed by atoms with Crippen molar-refractivity contribution in [1.82, 2.24) is 14.8 Å². The molecule has 0 atom stereocenters. The van der Waals surface area contributed by atoms with Gasteiger partial charge in [0.15, 0.2) is 5.58 Å². The number of anilines is 2. The Balaban J connectivity index is 1.86. The molecule has 0 saturated carbocycles. The normalized spacial score (nSPS) is 10.7. The number of benzene rings is 1. The lowest BCUT2D eigenvalue weighted by atomic mass is 10.2. The van der Waals surface area contributed by atoms with Gasteiger partial charge in [0.25, 0.3) is 17.5 Å². The Kier molecular flexibility index (Phi) is 3.57. The molecule has 23 heavy (non-hydrogen) atoms. The number of carbonyl (C=O) groups is 1. The molecular formula is C15H15N5O3. The predicted molar refractivity (Wildman–Crippen MR) is 85.8 cm³/mol. The zero-order valence-corrected chi connectivity index (χ0v) is 12.9. The molecule has 2 heterocycles. The van der Waals surface area contributed by atoms with Gasteiger partial charge in [-0.25, -0.2) is 4.68 Å². The highest BCUT2D eigenvalue weighted by Crippen LogP contribution is 2.23. The van der Waals surface area contributed by atoms with Crippen molar-refractivity contribution >= 4 is 28.7 Å². The maximum absolute atomic E-state index is 12.2. The number of carbonyl (C=O) groups excluding carboxylic acids is 1. The summed E-state index contributed by atoms with van der Waals surface area (Å²) >= 11 is 0. The van der Waals surface area contributed by atoms with Crippen molar-refractivity contribution in [1.29, 1.82) is 0 Å². The summed E-state index contributed by atoms with van der Waals surface area (Å²) < 4.78 is 6.66. The molecule has 0 spiro atoms. The number of hydrogen-bond acceptors (Lipinski definition) is 6. The molecular weight excluding hydrogens is 298 g/mol. The van der Waals surface area contributed by atoms with E-state index in [2.05, 4.69) is 15.4 Å². The fourth-order valence-corrected chi connectivity index (χ4v) is 2.00. The Labute approximate surface area is 131 Å². The highest BCUT2D eigenvalue weighted by molar-refractivity contribution is 6.03. The Morgan fingerprint density at radius 3 is 2.74 bits per heavy atom. The fraction of sp³-hybridized carbons (Fsp3) is 0.200. The van der Waals surface area contributed by atoms with Crippen LogP contribution >= 0.6 is 0 Å². The molecule has 118 valence electrons. The smallest absolute Gasteiger partial charge is 0.297 e. The molecule has 8 heteroatoms. The molecule has 2 aromatic heterocycles. The van der Waals surface area contributed by atoms with Crippen molar-refractivity contribution in [2.75, 3.05) is 24.3 Å². The number of rotatable bonds is 3. The summed E-state index contributed by atoms with van der Waals surface area (Å²) in [6.45, 7) is 0. The van der Waals surface area contributed by atoms with E-state index < -0.39 is 5.91 Å². The first kappa shape index (κ1) is 14.8. The van der Waals surface area contributed by atoms with Crippen LogP contribution in [-0.4, -0.2) is 34.8 Å². The van der Waals surface area contributed by atoms with E-state index in [1.54, 1.807) is 23.1 Å². The average molecular weight is 313 g/mol. The van der Waals surface area contributed by atoms with E-state index in [1.165, 1.54) is 19.2 Å². The standard InChI is InChI=1S/C15H15N5O3/c1-19(2)15-17-11-8-9(4-6-12(11)23-15)16-14(22)10-5-7-13(21)20(3)18-10/h4-8H,1-3H3,(H,16,22). The number of nitrogens with one attached hydrogen (secondary N) is 1. The maximum Gasteiger partial charge on any atom is 0.297 e. The zero-order valence-electron chi connectivity index (χ0n) is 12.9. The third kappa shape index (κ3) is 2.91. The molecule has 0 radical (unpaired) electrons. The molecule has 1 amide bonds. The molecule has 0 fully saturated rings. The van der Waals surface area contributed by atoms with Gasteiger partial charge in [0.05, 0.1) is 0 Å². The second-order valence-electron chi connectivity index (χ2n) is 5.21. The summed E-state index contributed by atoms with van der Waals surface area (Å²) in [5.74, 6) is -0.406. The van der Waals surface area contributed by atoms with Crippen LogP contribution in [-0.2, 0) is 7.05 Å². The molecule has 0 aliphatic carbocycles. The molecule has 3 aromatic rings. The molecule has 0 aliphatic rings. The van der Waals surface area contributed by atoms with Crippen LogP contribution in [0.4, 0.5) is 11.7 Å². The number of hydrogen-bond donors (Lipinski definition) is 1. The average Bonchev–Trinajstić information content (AvgIpc) is 2.93. The predicted octanol–water partition coefficient (Wildman–Crippen LogP) is 1.24. The van der Waals surface area contributed by atoms with Crippen LogP contribution in [0, 0.1) is 0 Å². The SMILES string of the molecule is CN(C)c1nc2cc(NC(=O)c3ccc(=O)n(C)n3)ccc2o1. The first-order chi connectivity index (χ1) is 10.9. The van der Waals surface area contributed by atoms with Gasteiger partial charge in [0.1, 0.15) is 11.2 Å². The van der Waals surface area contributed by atoms with Crippen LogP contribution < -0.4 is 15.8 Å². The van der Waals surface area contributed by atoms with Gasteiger partial charge in [-0.2, -0.15) is 10.1 Å². The van der Waals surface area contributed by atoms with Crippen LogP contribution in [0.25, 0.3) is 11.1 Å².